The molecule has 1 saturated carbocycles. The van der Waals surface area contributed by atoms with Crippen molar-refractivity contribution < 1.29 is 13.2 Å². The number of carbonyl (C=O) groups is 1. The highest BCUT2D eigenvalue weighted by Crippen LogP contribution is 2.32. The van der Waals surface area contributed by atoms with E-state index in [9.17, 15) is 13.2 Å². The van der Waals surface area contributed by atoms with Crippen LogP contribution in [-0.2, 0) is 14.8 Å². The van der Waals surface area contributed by atoms with Crippen LogP contribution in [0.25, 0.3) is 0 Å². The molecule has 0 saturated heterocycles. The number of hydrogen-bond donors (Lipinski definition) is 2. The minimum atomic E-state index is -3.56. The molecule has 3 rings (SSSR count). The SMILES string of the molecule is CC(C)NS(=O)(=O)c1ccc(NC(=O)[C@@H](C)Sc2nnnn2C2CCCC2)cc1. The number of amides is 1. The van der Waals surface area contributed by atoms with Gasteiger partial charge in [0.05, 0.1) is 16.2 Å². The van der Waals surface area contributed by atoms with Crippen molar-refractivity contribution in [3.8, 4) is 0 Å². The molecule has 1 amide bonds. The summed E-state index contributed by atoms with van der Waals surface area (Å²) in [5, 5.41) is 15.0. The van der Waals surface area contributed by atoms with Gasteiger partial charge in [0.25, 0.3) is 0 Å². The number of hydrogen-bond acceptors (Lipinski definition) is 7. The third-order valence-corrected chi connectivity index (χ3v) is 7.33. The van der Waals surface area contributed by atoms with Crippen LogP contribution >= 0.6 is 11.8 Å². The first-order chi connectivity index (χ1) is 13.8. The number of aromatic nitrogens is 4. The zero-order chi connectivity index (χ0) is 21.0. The molecule has 0 radical (unpaired) electrons. The minimum absolute atomic E-state index is 0.155. The highest BCUT2D eigenvalue weighted by Gasteiger charge is 2.25. The van der Waals surface area contributed by atoms with Crippen LogP contribution in [0, 0.1) is 0 Å². The lowest BCUT2D eigenvalue weighted by Crippen LogP contribution is -2.30. The lowest BCUT2D eigenvalue weighted by atomic mass is 10.3. The van der Waals surface area contributed by atoms with Gasteiger partial charge in [0, 0.05) is 11.7 Å². The Morgan fingerprint density at radius 1 is 1.17 bits per heavy atom. The molecule has 0 aliphatic heterocycles. The predicted molar refractivity (Wildman–Crippen MR) is 111 cm³/mol. The molecule has 9 nitrogen and oxygen atoms in total. The maximum atomic E-state index is 12.6. The highest BCUT2D eigenvalue weighted by molar-refractivity contribution is 8.00. The van der Waals surface area contributed by atoms with Crippen LogP contribution in [0.1, 0.15) is 52.5 Å². The second-order valence-electron chi connectivity index (χ2n) is 7.39. The maximum absolute atomic E-state index is 12.6. The number of sulfonamides is 1. The van der Waals surface area contributed by atoms with Crippen molar-refractivity contribution in [3.05, 3.63) is 24.3 Å². The second kappa shape index (κ2) is 9.23. The van der Waals surface area contributed by atoms with Crippen molar-refractivity contribution in [2.45, 2.75) is 73.8 Å². The smallest absolute Gasteiger partial charge is 0.240 e. The van der Waals surface area contributed by atoms with E-state index in [2.05, 4.69) is 25.6 Å². The summed E-state index contributed by atoms with van der Waals surface area (Å²) in [7, 11) is -3.56. The fourth-order valence-electron chi connectivity index (χ4n) is 3.19. The van der Waals surface area contributed by atoms with E-state index in [0.717, 1.165) is 12.8 Å². The van der Waals surface area contributed by atoms with Crippen molar-refractivity contribution in [3.63, 3.8) is 0 Å². The van der Waals surface area contributed by atoms with E-state index in [1.54, 1.807) is 32.9 Å². The molecule has 11 heteroatoms. The summed E-state index contributed by atoms with van der Waals surface area (Å²) in [5.41, 5.74) is 0.529. The van der Waals surface area contributed by atoms with E-state index in [-0.39, 0.29) is 16.8 Å². The number of tetrazole rings is 1. The Bertz CT molecular complexity index is 937. The summed E-state index contributed by atoms with van der Waals surface area (Å²) >= 11 is 1.31. The van der Waals surface area contributed by atoms with Crippen molar-refractivity contribution in [2.24, 2.45) is 0 Å². The topological polar surface area (TPSA) is 119 Å². The minimum Gasteiger partial charge on any atom is -0.325 e. The molecule has 1 fully saturated rings. The van der Waals surface area contributed by atoms with E-state index < -0.39 is 15.3 Å². The first kappa shape index (κ1) is 21.7. The standard InChI is InChI=1S/C18H26N6O3S2/c1-12(2)21-29(26,27)16-10-8-14(9-11-16)19-17(25)13(3)28-18-20-22-23-24(18)15-6-4-5-7-15/h8-13,15,21H,4-7H2,1-3H3,(H,19,25)/t13-/m1/s1. The second-order valence-corrected chi connectivity index (χ2v) is 10.4. The first-order valence-corrected chi connectivity index (χ1v) is 12.0. The van der Waals surface area contributed by atoms with Gasteiger partial charge in [-0.25, -0.2) is 17.8 Å². The number of rotatable bonds is 8. The first-order valence-electron chi connectivity index (χ1n) is 9.64. The zero-order valence-electron chi connectivity index (χ0n) is 16.7. The molecule has 158 valence electrons. The van der Waals surface area contributed by atoms with Gasteiger partial charge < -0.3 is 5.32 Å². The fraction of sp³-hybridized carbons (Fsp3) is 0.556. The number of thioether (sulfide) groups is 1. The average molecular weight is 439 g/mol. The Morgan fingerprint density at radius 2 is 1.83 bits per heavy atom. The Labute approximate surface area is 175 Å². The summed E-state index contributed by atoms with van der Waals surface area (Å²) < 4.78 is 28.7. The van der Waals surface area contributed by atoms with E-state index >= 15 is 0 Å². The molecule has 0 bridgehead atoms. The summed E-state index contributed by atoms with van der Waals surface area (Å²) in [6, 6.07) is 6.20. The summed E-state index contributed by atoms with van der Waals surface area (Å²) in [6.45, 7) is 5.31. The van der Waals surface area contributed by atoms with Crippen LogP contribution in [0.4, 0.5) is 5.69 Å². The molecule has 0 spiro atoms. The van der Waals surface area contributed by atoms with Gasteiger partial charge >= 0.3 is 0 Å². The van der Waals surface area contributed by atoms with Gasteiger partial charge in [-0.15, -0.1) is 5.10 Å². The van der Waals surface area contributed by atoms with E-state index in [1.165, 1.54) is 36.7 Å². The largest absolute Gasteiger partial charge is 0.325 e. The van der Waals surface area contributed by atoms with Crippen molar-refractivity contribution in [2.75, 3.05) is 5.32 Å². The molecule has 29 heavy (non-hydrogen) atoms. The normalized spacial score (nSPS) is 16.3. The van der Waals surface area contributed by atoms with Gasteiger partial charge in [-0.3, -0.25) is 4.79 Å². The molecule has 1 heterocycles. The lowest BCUT2D eigenvalue weighted by molar-refractivity contribution is -0.115. The van der Waals surface area contributed by atoms with Gasteiger partial charge in [-0.1, -0.05) is 24.6 Å². The molecule has 1 atom stereocenters. The molecule has 1 aliphatic carbocycles. The van der Waals surface area contributed by atoms with Crippen molar-refractivity contribution >= 4 is 33.4 Å². The van der Waals surface area contributed by atoms with Crippen LogP contribution in [-0.4, -0.2) is 45.8 Å². The number of carbonyl (C=O) groups excluding carboxylic acids is 1. The third-order valence-electron chi connectivity index (χ3n) is 4.61. The predicted octanol–water partition coefficient (Wildman–Crippen LogP) is 2.59. The van der Waals surface area contributed by atoms with Crippen molar-refractivity contribution in [1.82, 2.24) is 24.9 Å². The van der Waals surface area contributed by atoms with Crippen LogP contribution < -0.4 is 10.0 Å². The number of nitrogens with zero attached hydrogens (tertiary/aromatic N) is 4. The average Bonchev–Trinajstić information content (AvgIpc) is 3.32. The summed E-state index contributed by atoms with van der Waals surface area (Å²) in [6.07, 6.45) is 4.45. The lowest BCUT2D eigenvalue weighted by Gasteiger charge is -2.14. The monoisotopic (exact) mass is 438 g/mol. The molecule has 1 aromatic heterocycles. The number of nitrogens with one attached hydrogen (secondary N) is 2. The van der Waals surface area contributed by atoms with Gasteiger partial charge in [-0.05, 0) is 68.3 Å². The Balaban J connectivity index is 1.61. The van der Waals surface area contributed by atoms with Gasteiger partial charge in [0.2, 0.25) is 21.1 Å². The van der Waals surface area contributed by atoms with E-state index in [0.29, 0.717) is 16.9 Å². The van der Waals surface area contributed by atoms with Crippen LogP contribution in [0.5, 0.6) is 0 Å². The summed E-state index contributed by atoms with van der Waals surface area (Å²) in [4.78, 5) is 12.7. The quantitative estimate of drug-likeness (QED) is 0.608. The number of anilines is 1. The van der Waals surface area contributed by atoms with Crippen LogP contribution in [0.15, 0.2) is 34.3 Å². The Morgan fingerprint density at radius 3 is 2.45 bits per heavy atom. The van der Waals surface area contributed by atoms with Gasteiger partial charge in [0.1, 0.15) is 0 Å². The molecular weight excluding hydrogens is 412 g/mol. The van der Waals surface area contributed by atoms with Crippen LogP contribution in [0.2, 0.25) is 0 Å². The highest BCUT2D eigenvalue weighted by atomic mass is 32.2. The fourth-order valence-corrected chi connectivity index (χ4v) is 5.30. The molecule has 1 aliphatic rings. The van der Waals surface area contributed by atoms with E-state index in [4.69, 9.17) is 0 Å². The number of benzene rings is 1. The molecular formula is C18H26N6O3S2. The van der Waals surface area contributed by atoms with Gasteiger partial charge in [0.15, 0.2) is 0 Å². The molecule has 2 aromatic rings. The molecule has 0 unspecified atom stereocenters. The van der Waals surface area contributed by atoms with Crippen LogP contribution in [0.3, 0.4) is 0 Å². The summed E-state index contributed by atoms with van der Waals surface area (Å²) in [5.74, 6) is -0.202. The third kappa shape index (κ3) is 5.55. The van der Waals surface area contributed by atoms with Crippen molar-refractivity contribution in [1.29, 1.82) is 0 Å². The Kier molecular flexibility index (Phi) is 6.91. The maximum Gasteiger partial charge on any atom is 0.240 e. The zero-order valence-corrected chi connectivity index (χ0v) is 18.3. The molecule has 2 N–H and O–H groups in total. The van der Waals surface area contributed by atoms with E-state index in [1.807, 2.05) is 4.68 Å². The Hall–Kier alpha value is -1.98. The molecule has 1 aromatic carbocycles. The van der Waals surface area contributed by atoms with Gasteiger partial charge in [-0.2, -0.15) is 0 Å².